The number of rotatable bonds is 6. The molecular weight excluding hydrogens is 182 g/mol. The molecule has 1 aromatic heterocycles. The molecule has 0 saturated carbocycles. The highest BCUT2D eigenvalue weighted by Crippen LogP contribution is 2.01. The van der Waals surface area contributed by atoms with Crippen molar-refractivity contribution in [2.24, 2.45) is 7.05 Å². The molecule has 80 valence electrons. The monoisotopic (exact) mass is 199 g/mol. The van der Waals surface area contributed by atoms with Crippen molar-refractivity contribution < 1.29 is 10.2 Å². The standard InChI is InChI=1S/C9H17N3O2/c1-11-7-9(6-10-11)8-12(2-4-13)3-5-14/h6-7,13-14H,2-5,8H2,1H3. The number of aromatic nitrogens is 2. The van der Waals surface area contributed by atoms with Crippen molar-refractivity contribution in [2.75, 3.05) is 26.3 Å². The molecule has 1 heterocycles. The highest BCUT2D eigenvalue weighted by Gasteiger charge is 2.05. The molecule has 5 nitrogen and oxygen atoms in total. The predicted octanol–water partition coefficient (Wildman–Crippen LogP) is -0.793. The van der Waals surface area contributed by atoms with E-state index in [9.17, 15) is 0 Å². The van der Waals surface area contributed by atoms with Gasteiger partial charge in [0.2, 0.25) is 0 Å². The first kappa shape index (κ1) is 11.2. The minimum absolute atomic E-state index is 0.111. The third-order valence-corrected chi connectivity index (χ3v) is 2.00. The molecule has 5 heteroatoms. The molecule has 0 aliphatic heterocycles. The summed E-state index contributed by atoms with van der Waals surface area (Å²) in [5, 5.41) is 21.7. The molecule has 1 aromatic rings. The first-order valence-corrected chi connectivity index (χ1v) is 4.68. The molecule has 14 heavy (non-hydrogen) atoms. The van der Waals surface area contributed by atoms with Crippen LogP contribution in [0.5, 0.6) is 0 Å². The second kappa shape index (κ2) is 5.74. The molecular formula is C9H17N3O2. The second-order valence-electron chi connectivity index (χ2n) is 3.25. The Balaban J connectivity index is 2.46. The zero-order valence-electron chi connectivity index (χ0n) is 8.43. The normalized spacial score (nSPS) is 11.1. The third-order valence-electron chi connectivity index (χ3n) is 2.00. The fourth-order valence-corrected chi connectivity index (χ4v) is 1.36. The van der Waals surface area contributed by atoms with Gasteiger partial charge in [-0.15, -0.1) is 0 Å². The van der Waals surface area contributed by atoms with Crippen LogP contribution in [-0.4, -0.2) is 51.2 Å². The summed E-state index contributed by atoms with van der Waals surface area (Å²) in [6.07, 6.45) is 3.73. The Morgan fingerprint density at radius 2 is 2.00 bits per heavy atom. The van der Waals surface area contributed by atoms with Gasteiger partial charge in [0.1, 0.15) is 0 Å². The number of aryl methyl sites for hydroxylation is 1. The molecule has 0 saturated heterocycles. The van der Waals surface area contributed by atoms with Crippen LogP contribution in [-0.2, 0) is 13.6 Å². The summed E-state index contributed by atoms with van der Waals surface area (Å²) in [6.45, 7) is 2.10. The molecule has 1 rings (SSSR count). The number of nitrogens with zero attached hydrogens (tertiary/aromatic N) is 3. The van der Waals surface area contributed by atoms with Crippen LogP contribution in [0.15, 0.2) is 12.4 Å². The van der Waals surface area contributed by atoms with Crippen LogP contribution in [0.25, 0.3) is 0 Å². The summed E-state index contributed by atoms with van der Waals surface area (Å²) in [7, 11) is 1.87. The second-order valence-corrected chi connectivity index (χ2v) is 3.25. The maximum absolute atomic E-state index is 8.80. The van der Waals surface area contributed by atoms with Gasteiger partial charge in [0.25, 0.3) is 0 Å². The van der Waals surface area contributed by atoms with Crippen LogP contribution in [0.2, 0.25) is 0 Å². The van der Waals surface area contributed by atoms with Gasteiger partial charge >= 0.3 is 0 Å². The highest BCUT2D eigenvalue weighted by atomic mass is 16.3. The Bertz CT molecular complexity index is 256. The van der Waals surface area contributed by atoms with Crippen molar-refractivity contribution in [2.45, 2.75) is 6.54 Å². The number of aliphatic hydroxyl groups is 2. The summed E-state index contributed by atoms with van der Waals surface area (Å²) in [5.41, 5.74) is 1.09. The Morgan fingerprint density at radius 1 is 1.36 bits per heavy atom. The average Bonchev–Trinajstić information content (AvgIpc) is 2.52. The summed E-state index contributed by atoms with van der Waals surface area (Å²) < 4.78 is 1.74. The van der Waals surface area contributed by atoms with E-state index in [2.05, 4.69) is 5.10 Å². The Kier molecular flexibility index (Phi) is 4.58. The first-order chi connectivity index (χ1) is 6.76. The van der Waals surface area contributed by atoms with E-state index >= 15 is 0 Å². The van der Waals surface area contributed by atoms with E-state index in [1.165, 1.54) is 0 Å². The number of aliphatic hydroxyl groups excluding tert-OH is 2. The zero-order chi connectivity index (χ0) is 10.4. The Hall–Kier alpha value is -0.910. The predicted molar refractivity (Wildman–Crippen MR) is 52.7 cm³/mol. The van der Waals surface area contributed by atoms with Crippen LogP contribution in [0, 0.1) is 0 Å². The van der Waals surface area contributed by atoms with Gasteiger partial charge in [0, 0.05) is 38.4 Å². The van der Waals surface area contributed by atoms with Gasteiger partial charge < -0.3 is 10.2 Å². The van der Waals surface area contributed by atoms with E-state index < -0.39 is 0 Å². The lowest BCUT2D eigenvalue weighted by molar-refractivity contribution is 0.156. The zero-order valence-corrected chi connectivity index (χ0v) is 8.43. The van der Waals surface area contributed by atoms with Gasteiger partial charge in [-0.2, -0.15) is 5.10 Å². The van der Waals surface area contributed by atoms with E-state index in [1.807, 2.05) is 18.1 Å². The van der Waals surface area contributed by atoms with E-state index in [0.29, 0.717) is 13.1 Å². The van der Waals surface area contributed by atoms with Gasteiger partial charge in [0.05, 0.1) is 19.4 Å². The third kappa shape index (κ3) is 3.45. The molecule has 0 unspecified atom stereocenters. The summed E-state index contributed by atoms with van der Waals surface area (Å²) >= 11 is 0. The van der Waals surface area contributed by atoms with Crippen LogP contribution >= 0.6 is 0 Å². The molecule has 0 bridgehead atoms. The average molecular weight is 199 g/mol. The fourth-order valence-electron chi connectivity index (χ4n) is 1.36. The van der Waals surface area contributed by atoms with Gasteiger partial charge in [-0.25, -0.2) is 0 Å². The largest absolute Gasteiger partial charge is 0.395 e. The van der Waals surface area contributed by atoms with E-state index in [4.69, 9.17) is 10.2 Å². The van der Waals surface area contributed by atoms with Crippen LogP contribution in [0.3, 0.4) is 0 Å². The van der Waals surface area contributed by atoms with E-state index in [1.54, 1.807) is 10.9 Å². The van der Waals surface area contributed by atoms with Crippen molar-refractivity contribution in [1.82, 2.24) is 14.7 Å². The molecule has 2 N–H and O–H groups in total. The lowest BCUT2D eigenvalue weighted by atomic mass is 10.3. The molecule has 0 amide bonds. The van der Waals surface area contributed by atoms with Crippen molar-refractivity contribution in [3.63, 3.8) is 0 Å². The molecule has 0 aliphatic rings. The SMILES string of the molecule is Cn1cc(CN(CCO)CCO)cn1. The van der Waals surface area contributed by atoms with Gasteiger partial charge in [-0.05, 0) is 0 Å². The molecule has 0 radical (unpaired) electrons. The summed E-state index contributed by atoms with van der Waals surface area (Å²) in [4.78, 5) is 1.98. The summed E-state index contributed by atoms with van der Waals surface area (Å²) in [5.74, 6) is 0. The van der Waals surface area contributed by atoms with Gasteiger partial charge in [-0.3, -0.25) is 9.58 Å². The van der Waals surface area contributed by atoms with Gasteiger partial charge in [-0.1, -0.05) is 0 Å². The maximum Gasteiger partial charge on any atom is 0.0558 e. The summed E-state index contributed by atoms with van der Waals surface area (Å²) in [6, 6.07) is 0. The lowest BCUT2D eigenvalue weighted by Crippen LogP contribution is -2.29. The number of hydrogen-bond acceptors (Lipinski definition) is 4. The number of hydrogen-bond donors (Lipinski definition) is 2. The molecule has 0 spiro atoms. The van der Waals surface area contributed by atoms with Gasteiger partial charge in [0.15, 0.2) is 0 Å². The van der Waals surface area contributed by atoms with E-state index in [-0.39, 0.29) is 13.2 Å². The van der Waals surface area contributed by atoms with Crippen molar-refractivity contribution >= 4 is 0 Å². The lowest BCUT2D eigenvalue weighted by Gasteiger charge is -2.18. The minimum atomic E-state index is 0.111. The smallest absolute Gasteiger partial charge is 0.0558 e. The topological polar surface area (TPSA) is 61.5 Å². The van der Waals surface area contributed by atoms with E-state index in [0.717, 1.165) is 12.1 Å². The first-order valence-electron chi connectivity index (χ1n) is 4.68. The Labute approximate surface area is 83.6 Å². The maximum atomic E-state index is 8.80. The fraction of sp³-hybridized carbons (Fsp3) is 0.667. The van der Waals surface area contributed by atoms with Crippen LogP contribution in [0.4, 0.5) is 0 Å². The Morgan fingerprint density at radius 3 is 2.43 bits per heavy atom. The van der Waals surface area contributed by atoms with Crippen molar-refractivity contribution in [3.8, 4) is 0 Å². The van der Waals surface area contributed by atoms with Crippen molar-refractivity contribution in [3.05, 3.63) is 18.0 Å². The molecule has 0 aliphatic carbocycles. The molecule has 0 fully saturated rings. The van der Waals surface area contributed by atoms with Crippen molar-refractivity contribution in [1.29, 1.82) is 0 Å². The highest BCUT2D eigenvalue weighted by molar-refractivity contribution is 5.03. The quantitative estimate of drug-likeness (QED) is 0.630. The van der Waals surface area contributed by atoms with Crippen LogP contribution in [0.1, 0.15) is 5.56 Å². The minimum Gasteiger partial charge on any atom is -0.395 e. The molecule has 0 atom stereocenters. The van der Waals surface area contributed by atoms with Crippen LogP contribution < -0.4 is 0 Å². The molecule has 0 aromatic carbocycles.